The van der Waals surface area contributed by atoms with Crippen molar-refractivity contribution < 1.29 is 41.1 Å². The number of nitrogens with zero attached hydrogens (tertiary/aromatic N) is 4. The molecule has 0 bridgehead atoms. The molecule has 0 radical (unpaired) electrons. The molecule has 3 heterocycles. The number of carbonyl (C=O) groups is 3. The number of benzene rings is 4. The summed E-state index contributed by atoms with van der Waals surface area (Å²) >= 11 is 5.66. The lowest BCUT2D eigenvalue weighted by atomic mass is 9.99. The Morgan fingerprint density at radius 3 is 2.40 bits per heavy atom. The summed E-state index contributed by atoms with van der Waals surface area (Å²) in [6.07, 6.45) is -3.78. The Balaban J connectivity index is 1.11. The molecule has 3 N–H and O–H groups in total. The Labute approximate surface area is 346 Å². The molecule has 4 aromatic carbocycles. The van der Waals surface area contributed by atoms with E-state index in [0.29, 0.717) is 42.9 Å². The van der Waals surface area contributed by atoms with Gasteiger partial charge in [0.25, 0.3) is 17.7 Å². The molecule has 2 aliphatic heterocycles. The number of unbranched alkanes of at least 4 members (excludes halogenated alkanes) is 1. The van der Waals surface area contributed by atoms with Crippen molar-refractivity contribution in [2.45, 2.75) is 44.6 Å². The standard InChI is InChI=1S/C43H38F5N7O4S/c1-42(40(58)54(27-12-14-34(50-3)32(21-27)43(46,47)48)41(60)55(42)28-11-13-29(33(45)22-28)38(56)51-4)59-18-6-5-16-53-17-15-30-36-31(39(53)57)19-26(44)20-35(36)52-37(30)25-9-7-24(8-10-25)23-49-2/h7-14,19-22,49,52H,5-6,15-18,23H2,1-2,4H3,(H,51,56). The van der Waals surface area contributed by atoms with Crippen LogP contribution in [-0.4, -0.2) is 72.2 Å². The van der Waals surface area contributed by atoms with Gasteiger partial charge in [-0.15, -0.1) is 0 Å². The van der Waals surface area contributed by atoms with Gasteiger partial charge in [-0.05, 0) is 105 Å². The maximum absolute atomic E-state index is 15.3. The minimum Gasteiger partial charge on any atom is -0.355 e. The molecular formula is C43H38F5N7O4S. The van der Waals surface area contributed by atoms with Crippen molar-refractivity contribution in [3.8, 4) is 11.3 Å². The maximum atomic E-state index is 15.3. The van der Waals surface area contributed by atoms with Crippen LogP contribution >= 0.6 is 12.2 Å². The number of halogens is 5. The third-order valence-electron chi connectivity index (χ3n) is 10.7. The van der Waals surface area contributed by atoms with Crippen LogP contribution in [0.4, 0.5) is 39.0 Å². The summed E-state index contributed by atoms with van der Waals surface area (Å²) in [6.45, 7) is 9.73. The Kier molecular flexibility index (Phi) is 11.5. The fourth-order valence-corrected chi connectivity index (χ4v) is 8.23. The molecule has 3 amide bonds. The summed E-state index contributed by atoms with van der Waals surface area (Å²) in [5.74, 6) is -3.46. The monoisotopic (exact) mass is 843 g/mol. The SMILES string of the molecule is [C-]#[N+]c1ccc(N2C(=O)C(C)(OCCCCN3CCc4c(-c5ccc(CNC)cc5)[nH]c5cc(F)cc(c45)C3=O)N(c3ccc(C(=O)NC)c(F)c3)C2=S)cc1C(F)(F)F. The highest BCUT2D eigenvalue weighted by molar-refractivity contribution is 7.81. The van der Waals surface area contributed by atoms with Crippen LogP contribution in [0.2, 0.25) is 0 Å². The number of nitrogens with one attached hydrogen (secondary N) is 3. The van der Waals surface area contributed by atoms with Crippen LogP contribution in [0.15, 0.2) is 72.8 Å². The van der Waals surface area contributed by atoms with Gasteiger partial charge < -0.3 is 25.3 Å². The lowest BCUT2D eigenvalue weighted by Gasteiger charge is -2.33. The molecule has 1 unspecified atom stereocenters. The number of hydrogen-bond donors (Lipinski definition) is 3. The van der Waals surface area contributed by atoms with E-state index < -0.39 is 46.6 Å². The number of ether oxygens (including phenoxy) is 1. The fourth-order valence-electron chi connectivity index (χ4n) is 7.76. The van der Waals surface area contributed by atoms with E-state index in [-0.39, 0.29) is 53.1 Å². The van der Waals surface area contributed by atoms with Gasteiger partial charge >= 0.3 is 6.18 Å². The number of rotatable bonds is 12. The van der Waals surface area contributed by atoms with Gasteiger partial charge in [-0.2, -0.15) is 13.2 Å². The Morgan fingerprint density at radius 1 is 1.00 bits per heavy atom. The summed E-state index contributed by atoms with van der Waals surface area (Å²) in [5, 5.41) is 5.78. The van der Waals surface area contributed by atoms with Gasteiger partial charge in [0.15, 0.2) is 10.8 Å². The normalized spacial score (nSPS) is 16.8. The minimum absolute atomic E-state index is 0.0224. The number of thiocarbonyl (C=S) groups is 1. The first-order valence-electron chi connectivity index (χ1n) is 18.9. The molecule has 1 aromatic heterocycles. The first kappa shape index (κ1) is 41.9. The molecule has 2 aliphatic rings. The molecular weight excluding hydrogens is 806 g/mol. The minimum atomic E-state index is -4.93. The number of alkyl halides is 3. The molecule has 1 fully saturated rings. The average Bonchev–Trinajstić information content (AvgIpc) is 3.62. The predicted molar refractivity (Wildman–Crippen MR) is 220 cm³/mol. The second-order valence-corrected chi connectivity index (χ2v) is 14.8. The summed E-state index contributed by atoms with van der Waals surface area (Å²) in [6, 6.07) is 16.8. The summed E-state index contributed by atoms with van der Waals surface area (Å²) in [4.78, 5) is 50.4. The van der Waals surface area contributed by atoms with E-state index in [0.717, 1.165) is 50.4 Å². The zero-order valence-corrected chi connectivity index (χ0v) is 33.4. The van der Waals surface area contributed by atoms with Gasteiger partial charge in [0, 0.05) is 54.7 Å². The second kappa shape index (κ2) is 16.4. The highest BCUT2D eigenvalue weighted by Gasteiger charge is 2.55. The molecule has 17 heteroatoms. The van der Waals surface area contributed by atoms with Gasteiger partial charge in [-0.1, -0.05) is 30.3 Å². The highest BCUT2D eigenvalue weighted by Crippen LogP contribution is 2.43. The third kappa shape index (κ3) is 7.57. The van der Waals surface area contributed by atoms with Gasteiger partial charge in [-0.25, -0.2) is 13.6 Å². The van der Waals surface area contributed by atoms with Gasteiger partial charge in [-0.3, -0.25) is 24.2 Å². The van der Waals surface area contributed by atoms with Crippen LogP contribution in [0.5, 0.6) is 0 Å². The lowest BCUT2D eigenvalue weighted by molar-refractivity contribution is -0.138. The predicted octanol–water partition coefficient (Wildman–Crippen LogP) is 8.11. The smallest absolute Gasteiger partial charge is 0.355 e. The number of aromatic nitrogens is 1. The van der Waals surface area contributed by atoms with Crippen molar-refractivity contribution in [1.29, 1.82) is 0 Å². The number of hydrogen-bond acceptors (Lipinski definition) is 6. The maximum Gasteiger partial charge on any atom is 0.407 e. The van der Waals surface area contributed by atoms with Crippen LogP contribution in [0, 0.1) is 18.2 Å². The number of carbonyl (C=O) groups excluding carboxylic acids is 3. The van der Waals surface area contributed by atoms with Crippen molar-refractivity contribution in [3.05, 3.63) is 124 Å². The van der Waals surface area contributed by atoms with E-state index in [4.69, 9.17) is 23.5 Å². The first-order chi connectivity index (χ1) is 28.6. The van der Waals surface area contributed by atoms with Crippen molar-refractivity contribution in [2.75, 3.05) is 43.6 Å². The number of amides is 3. The number of aromatic amines is 1. The van der Waals surface area contributed by atoms with Crippen LogP contribution < -0.4 is 20.4 Å². The molecule has 0 spiro atoms. The lowest BCUT2D eigenvalue weighted by Crippen LogP contribution is -2.50. The molecule has 1 atom stereocenters. The second-order valence-electron chi connectivity index (χ2n) is 14.5. The summed E-state index contributed by atoms with van der Waals surface area (Å²) in [7, 11) is 3.19. The van der Waals surface area contributed by atoms with Crippen LogP contribution in [0.25, 0.3) is 27.0 Å². The van der Waals surface area contributed by atoms with Crippen LogP contribution in [0.3, 0.4) is 0 Å². The van der Waals surface area contributed by atoms with Crippen molar-refractivity contribution in [3.63, 3.8) is 0 Å². The average molecular weight is 844 g/mol. The largest absolute Gasteiger partial charge is 0.407 e. The van der Waals surface area contributed by atoms with Gasteiger partial charge in [0.1, 0.15) is 11.6 Å². The van der Waals surface area contributed by atoms with E-state index >= 15 is 4.39 Å². The zero-order valence-electron chi connectivity index (χ0n) is 32.6. The Bertz CT molecular complexity index is 2590. The zero-order chi connectivity index (χ0) is 43.1. The van der Waals surface area contributed by atoms with Crippen molar-refractivity contribution >= 4 is 63.0 Å². The molecule has 310 valence electrons. The van der Waals surface area contributed by atoms with Crippen molar-refractivity contribution in [1.82, 2.24) is 20.5 Å². The molecule has 60 heavy (non-hydrogen) atoms. The molecule has 5 aromatic rings. The highest BCUT2D eigenvalue weighted by atomic mass is 32.1. The molecule has 0 saturated carbocycles. The van der Waals surface area contributed by atoms with Crippen molar-refractivity contribution in [2.24, 2.45) is 0 Å². The van der Waals surface area contributed by atoms with Gasteiger partial charge in [0.05, 0.1) is 29.9 Å². The molecule has 1 saturated heterocycles. The number of anilines is 2. The van der Waals surface area contributed by atoms with E-state index in [1.165, 1.54) is 38.2 Å². The fraction of sp³-hybridized carbons (Fsp3) is 0.279. The van der Waals surface area contributed by atoms with Gasteiger partial charge in [0.2, 0.25) is 5.72 Å². The third-order valence-corrected chi connectivity index (χ3v) is 11.1. The van der Waals surface area contributed by atoms with Crippen LogP contribution in [0.1, 0.15) is 57.2 Å². The topological polar surface area (TPSA) is 114 Å². The number of H-pyrrole nitrogens is 1. The van der Waals surface area contributed by atoms with E-state index in [1.807, 2.05) is 31.3 Å². The Hall–Kier alpha value is -6.22. The summed E-state index contributed by atoms with van der Waals surface area (Å²) in [5.41, 5.74) is -0.139. The first-order valence-corrected chi connectivity index (χ1v) is 19.3. The quantitative estimate of drug-likeness (QED) is 0.0504. The molecule has 0 aliphatic carbocycles. The molecule has 11 nitrogen and oxygen atoms in total. The molecule has 7 rings (SSSR count). The van der Waals surface area contributed by atoms with E-state index in [1.54, 1.807) is 4.90 Å². The summed E-state index contributed by atoms with van der Waals surface area (Å²) < 4.78 is 78.5. The van der Waals surface area contributed by atoms with Crippen LogP contribution in [-0.2, 0) is 28.7 Å². The van der Waals surface area contributed by atoms with E-state index in [9.17, 15) is 31.9 Å². The Morgan fingerprint density at radius 2 is 1.73 bits per heavy atom. The van der Waals surface area contributed by atoms with E-state index in [2.05, 4.69) is 20.5 Å².